The summed E-state index contributed by atoms with van der Waals surface area (Å²) in [4.78, 5) is 26.2. The van der Waals surface area contributed by atoms with E-state index in [1.807, 2.05) is 0 Å². The quantitative estimate of drug-likeness (QED) is 0.626. The van der Waals surface area contributed by atoms with Crippen molar-refractivity contribution in [2.75, 3.05) is 4.90 Å². The first-order valence-corrected chi connectivity index (χ1v) is 7.04. The van der Waals surface area contributed by atoms with Crippen LogP contribution in [0, 0.1) is 23.7 Å². The smallest absolute Gasteiger partial charge is 0.238 e. The number of nitrogens with zero attached hydrogens (tertiary/aromatic N) is 1. The monoisotopic (exact) mass is 289 g/mol. The zero-order valence-electron chi connectivity index (χ0n) is 11.1. The molecule has 1 saturated heterocycles. The van der Waals surface area contributed by atoms with Gasteiger partial charge < -0.3 is 15.3 Å². The maximum Gasteiger partial charge on any atom is 0.238 e. The Balaban J connectivity index is 1.77. The summed E-state index contributed by atoms with van der Waals surface area (Å²) < 4.78 is 0. The van der Waals surface area contributed by atoms with Gasteiger partial charge in [0, 0.05) is 11.8 Å². The maximum atomic E-state index is 12.6. The third kappa shape index (κ3) is 1.43. The zero-order valence-corrected chi connectivity index (χ0v) is 11.1. The Hall–Kier alpha value is -1.92. The van der Waals surface area contributed by atoms with Crippen molar-refractivity contribution in [3.8, 4) is 5.75 Å². The minimum Gasteiger partial charge on any atom is -0.506 e. The lowest BCUT2D eigenvalue weighted by Gasteiger charge is -2.29. The first-order valence-electron chi connectivity index (χ1n) is 7.04. The van der Waals surface area contributed by atoms with Gasteiger partial charge in [0.25, 0.3) is 0 Å². The van der Waals surface area contributed by atoms with Crippen molar-refractivity contribution in [1.82, 2.24) is 0 Å². The number of aliphatic hydroxyl groups excluding tert-OH is 2. The normalized spacial score (nSPS) is 41.0. The number of hydrogen-bond donors (Lipinski definition) is 3. The van der Waals surface area contributed by atoms with Crippen LogP contribution < -0.4 is 4.90 Å². The lowest BCUT2D eigenvalue weighted by Crippen LogP contribution is -2.43. The van der Waals surface area contributed by atoms with Crippen LogP contribution in [-0.2, 0) is 9.59 Å². The molecule has 2 bridgehead atoms. The number of aromatic hydroxyl groups is 1. The highest BCUT2D eigenvalue weighted by molar-refractivity contribution is 6.23. The summed E-state index contributed by atoms with van der Waals surface area (Å²) in [5.41, 5.74) is 0.172. The van der Waals surface area contributed by atoms with Gasteiger partial charge in [-0.3, -0.25) is 9.59 Å². The molecule has 6 heteroatoms. The number of phenols is 1. The largest absolute Gasteiger partial charge is 0.506 e. The number of carbonyl (C=O) groups is 2. The molecule has 1 aliphatic heterocycles. The van der Waals surface area contributed by atoms with Gasteiger partial charge in [-0.15, -0.1) is 0 Å². The van der Waals surface area contributed by atoms with Crippen LogP contribution in [0.5, 0.6) is 5.75 Å². The fraction of sp³-hybridized carbons (Fsp3) is 0.467. The molecule has 2 saturated carbocycles. The van der Waals surface area contributed by atoms with Crippen LogP contribution in [0.3, 0.4) is 0 Å². The molecular formula is C15H15NO5. The van der Waals surface area contributed by atoms with Gasteiger partial charge in [-0.1, -0.05) is 12.1 Å². The number of imide groups is 1. The van der Waals surface area contributed by atoms with Gasteiger partial charge in [0.05, 0.1) is 29.7 Å². The number of aliphatic hydroxyl groups is 2. The van der Waals surface area contributed by atoms with E-state index in [0.29, 0.717) is 6.42 Å². The molecule has 2 amide bonds. The van der Waals surface area contributed by atoms with E-state index in [-0.39, 0.29) is 35.1 Å². The summed E-state index contributed by atoms with van der Waals surface area (Å²) >= 11 is 0. The van der Waals surface area contributed by atoms with Crippen LogP contribution in [0.4, 0.5) is 5.69 Å². The molecule has 1 heterocycles. The summed E-state index contributed by atoms with van der Waals surface area (Å²) in [7, 11) is 0. The molecule has 6 atom stereocenters. The van der Waals surface area contributed by atoms with Gasteiger partial charge in [0.1, 0.15) is 5.75 Å². The average Bonchev–Trinajstić information content (AvgIpc) is 3.06. The van der Waals surface area contributed by atoms with Crippen LogP contribution in [0.2, 0.25) is 0 Å². The van der Waals surface area contributed by atoms with Crippen LogP contribution in [-0.4, -0.2) is 39.3 Å². The van der Waals surface area contributed by atoms with Gasteiger partial charge in [-0.05, 0) is 18.6 Å². The molecule has 4 rings (SSSR count). The highest BCUT2D eigenvalue weighted by Gasteiger charge is 2.67. The lowest BCUT2D eigenvalue weighted by molar-refractivity contribution is -0.129. The molecule has 1 aromatic carbocycles. The molecule has 3 fully saturated rings. The maximum absolute atomic E-state index is 12.6. The van der Waals surface area contributed by atoms with E-state index < -0.39 is 24.0 Å². The number of fused-ring (bicyclic) bond motifs is 5. The highest BCUT2D eigenvalue weighted by Crippen LogP contribution is 2.57. The fourth-order valence-corrected chi connectivity index (χ4v) is 4.32. The second-order valence-electron chi connectivity index (χ2n) is 6.10. The number of benzene rings is 1. The first-order chi connectivity index (χ1) is 10.0. The van der Waals surface area contributed by atoms with E-state index in [9.17, 15) is 24.9 Å². The topological polar surface area (TPSA) is 98.1 Å². The third-order valence-corrected chi connectivity index (χ3v) is 5.21. The molecule has 110 valence electrons. The number of amides is 2. The Morgan fingerprint density at radius 2 is 1.48 bits per heavy atom. The number of rotatable bonds is 1. The van der Waals surface area contributed by atoms with Crippen LogP contribution in [0.25, 0.3) is 0 Å². The molecule has 0 spiro atoms. The second kappa shape index (κ2) is 4.05. The van der Waals surface area contributed by atoms with Crippen molar-refractivity contribution in [2.24, 2.45) is 23.7 Å². The van der Waals surface area contributed by atoms with E-state index in [1.54, 1.807) is 12.1 Å². The lowest BCUT2D eigenvalue weighted by atomic mass is 9.78. The van der Waals surface area contributed by atoms with Crippen molar-refractivity contribution < 1.29 is 24.9 Å². The zero-order chi connectivity index (χ0) is 14.9. The van der Waals surface area contributed by atoms with E-state index in [1.165, 1.54) is 12.1 Å². The highest BCUT2D eigenvalue weighted by atomic mass is 16.3. The fourth-order valence-electron chi connectivity index (χ4n) is 4.32. The van der Waals surface area contributed by atoms with Crippen LogP contribution in [0.1, 0.15) is 6.42 Å². The molecule has 6 nitrogen and oxygen atoms in total. The number of carbonyl (C=O) groups excluding carboxylic acids is 2. The molecule has 0 unspecified atom stereocenters. The predicted octanol–water partition coefficient (Wildman–Crippen LogP) is -0.131. The average molecular weight is 289 g/mol. The molecule has 21 heavy (non-hydrogen) atoms. The van der Waals surface area contributed by atoms with Gasteiger partial charge in [-0.25, -0.2) is 4.90 Å². The first kappa shape index (κ1) is 12.8. The molecule has 3 aliphatic rings. The number of anilines is 1. The summed E-state index contributed by atoms with van der Waals surface area (Å²) in [6.07, 6.45) is -1.39. The Bertz CT molecular complexity index is 613. The van der Waals surface area contributed by atoms with E-state index in [2.05, 4.69) is 0 Å². The van der Waals surface area contributed by atoms with Crippen molar-refractivity contribution in [3.05, 3.63) is 24.3 Å². The van der Waals surface area contributed by atoms with Crippen LogP contribution >= 0.6 is 0 Å². The summed E-state index contributed by atoms with van der Waals surface area (Å²) in [6, 6.07) is 6.19. The molecule has 0 aromatic heterocycles. The molecule has 3 N–H and O–H groups in total. The number of para-hydroxylation sites is 2. The van der Waals surface area contributed by atoms with Gasteiger partial charge in [0.2, 0.25) is 11.8 Å². The van der Waals surface area contributed by atoms with E-state index in [0.717, 1.165) is 4.90 Å². The van der Waals surface area contributed by atoms with Crippen molar-refractivity contribution in [1.29, 1.82) is 0 Å². The minimum atomic E-state index is -0.947. The Morgan fingerprint density at radius 3 is 2.00 bits per heavy atom. The van der Waals surface area contributed by atoms with Gasteiger partial charge in [0.15, 0.2) is 0 Å². The van der Waals surface area contributed by atoms with Gasteiger partial charge >= 0.3 is 0 Å². The molecule has 2 aliphatic carbocycles. The Kier molecular flexibility index (Phi) is 2.47. The number of phenolic OH excluding ortho intramolecular Hbond substituents is 1. The SMILES string of the molecule is O=C1[C@@H]2[C@H]3C[C@H]([C@H](O)[C@H]3O)[C@@H]2C(=O)N1c1ccccc1O. The summed E-state index contributed by atoms with van der Waals surface area (Å²) in [6.45, 7) is 0. The predicted molar refractivity (Wildman–Crippen MR) is 71.2 cm³/mol. The van der Waals surface area contributed by atoms with Gasteiger partial charge in [-0.2, -0.15) is 0 Å². The minimum absolute atomic E-state index is 0.132. The van der Waals surface area contributed by atoms with Crippen molar-refractivity contribution >= 4 is 17.5 Å². The van der Waals surface area contributed by atoms with Crippen molar-refractivity contribution in [2.45, 2.75) is 18.6 Å². The van der Waals surface area contributed by atoms with E-state index in [4.69, 9.17) is 0 Å². The molecular weight excluding hydrogens is 274 g/mol. The molecule has 1 aromatic rings. The molecule has 0 radical (unpaired) electrons. The third-order valence-electron chi connectivity index (χ3n) is 5.21. The summed E-state index contributed by atoms with van der Waals surface area (Å²) in [5.74, 6) is -2.81. The number of hydrogen-bond acceptors (Lipinski definition) is 5. The van der Waals surface area contributed by atoms with Crippen LogP contribution in [0.15, 0.2) is 24.3 Å². The second-order valence-corrected chi connectivity index (χ2v) is 6.10. The van der Waals surface area contributed by atoms with E-state index >= 15 is 0 Å². The Labute approximate surface area is 120 Å². The standard InChI is InChI=1S/C15H15NO5/c17-9-4-2-1-3-8(9)16-14(20)10-6-5-7(11(10)15(16)21)13(19)12(6)18/h1-4,6-7,10-13,17-19H,5H2/t6-,7+,10-,11+,12-,13-/m0/s1. The Morgan fingerprint density at radius 1 is 0.952 bits per heavy atom. The van der Waals surface area contributed by atoms with Crippen molar-refractivity contribution in [3.63, 3.8) is 0 Å². The summed E-state index contributed by atoms with van der Waals surface area (Å²) in [5, 5.41) is 29.8.